The van der Waals surface area contributed by atoms with Crippen LogP contribution in [0.15, 0.2) is 18.2 Å². The molecule has 0 amide bonds. The molecule has 0 aliphatic rings. The Labute approximate surface area is 95.1 Å². The van der Waals surface area contributed by atoms with Crippen LogP contribution < -0.4 is 4.74 Å². The van der Waals surface area contributed by atoms with E-state index >= 15 is 0 Å². The van der Waals surface area contributed by atoms with Crippen LogP contribution >= 0.6 is 0 Å². The predicted octanol–water partition coefficient (Wildman–Crippen LogP) is 2.35. The highest BCUT2D eigenvalue weighted by atomic mass is 19.1. The third-order valence-electron chi connectivity index (χ3n) is 2.01. The number of benzene rings is 1. The van der Waals surface area contributed by atoms with E-state index < -0.39 is 5.82 Å². The first-order valence-corrected chi connectivity index (χ1v) is 5.30. The van der Waals surface area contributed by atoms with Crippen molar-refractivity contribution in [3.05, 3.63) is 29.6 Å². The minimum absolute atomic E-state index is 0.270. The summed E-state index contributed by atoms with van der Waals surface area (Å²) in [5.74, 6) is 5.02. The molecule has 0 bridgehead atoms. The molecule has 0 unspecified atom stereocenters. The number of ether oxygens (including phenoxy) is 1. The van der Waals surface area contributed by atoms with Gasteiger partial charge in [-0.2, -0.15) is 0 Å². The van der Waals surface area contributed by atoms with Crippen molar-refractivity contribution in [2.75, 3.05) is 13.2 Å². The lowest BCUT2D eigenvalue weighted by Crippen LogP contribution is -1.97. The van der Waals surface area contributed by atoms with Crippen LogP contribution in [0.2, 0.25) is 0 Å². The molecule has 0 heterocycles. The van der Waals surface area contributed by atoms with Crippen molar-refractivity contribution in [3.63, 3.8) is 0 Å². The lowest BCUT2D eigenvalue weighted by molar-refractivity contribution is 0.308. The molecule has 2 nitrogen and oxygen atoms in total. The van der Waals surface area contributed by atoms with Gasteiger partial charge in [-0.1, -0.05) is 25.2 Å². The molecule has 0 radical (unpaired) electrons. The fourth-order valence-electron chi connectivity index (χ4n) is 1.16. The van der Waals surface area contributed by atoms with Gasteiger partial charge in [0.05, 0.1) is 12.2 Å². The molecule has 0 fully saturated rings. The molecule has 0 aliphatic carbocycles. The van der Waals surface area contributed by atoms with Crippen molar-refractivity contribution in [2.45, 2.75) is 19.8 Å². The van der Waals surface area contributed by atoms with Gasteiger partial charge in [0, 0.05) is 6.07 Å². The zero-order chi connectivity index (χ0) is 11.8. The molecule has 0 aliphatic heterocycles. The number of hydrogen-bond donors (Lipinski definition) is 1. The maximum atomic E-state index is 13.4. The molecule has 1 rings (SSSR count). The SMILES string of the molecule is CCCCOc1ccc(C#CCO)c(F)c1. The van der Waals surface area contributed by atoms with Gasteiger partial charge in [0.25, 0.3) is 0 Å². The predicted molar refractivity (Wildman–Crippen MR) is 60.8 cm³/mol. The van der Waals surface area contributed by atoms with E-state index in [1.54, 1.807) is 12.1 Å². The molecule has 0 aromatic heterocycles. The summed E-state index contributed by atoms with van der Waals surface area (Å²) in [5.41, 5.74) is 0.275. The minimum Gasteiger partial charge on any atom is -0.493 e. The number of halogens is 1. The van der Waals surface area contributed by atoms with E-state index in [-0.39, 0.29) is 12.2 Å². The summed E-state index contributed by atoms with van der Waals surface area (Å²) in [6.07, 6.45) is 2.00. The highest BCUT2D eigenvalue weighted by Gasteiger charge is 2.01. The lowest BCUT2D eigenvalue weighted by Gasteiger charge is -2.05. The fraction of sp³-hybridized carbons (Fsp3) is 0.385. The Balaban J connectivity index is 2.67. The molecule has 0 saturated carbocycles. The summed E-state index contributed by atoms with van der Waals surface area (Å²) in [5, 5.41) is 8.50. The van der Waals surface area contributed by atoms with Gasteiger partial charge in [0.2, 0.25) is 0 Å². The molecule has 1 aromatic carbocycles. The molecule has 1 N–H and O–H groups in total. The molecular weight excluding hydrogens is 207 g/mol. The van der Waals surface area contributed by atoms with Crippen molar-refractivity contribution in [1.82, 2.24) is 0 Å². The Morgan fingerprint density at radius 3 is 2.88 bits per heavy atom. The van der Waals surface area contributed by atoms with Crippen LogP contribution in [-0.4, -0.2) is 18.3 Å². The van der Waals surface area contributed by atoms with E-state index in [1.165, 1.54) is 6.07 Å². The van der Waals surface area contributed by atoms with Crippen LogP contribution in [0.3, 0.4) is 0 Å². The van der Waals surface area contributed by atoms with Crippen molar-refractivity contribution in [3.8, 4) is 17.6 Å². The van der Waals surface area contributed by atoms with Gasteiger partial charge >= 0.3 is 0 Å². The number of rotatable bonds is 4. The van der Waals surface area contributed by atoms with Gasteiger partial charge < -0.3 is 9.84 Å². The molecule has 1 aromatic rings. The van der Waals surface area contributed by atoms with Gasteiger partial charge in [-0.15, -0.1) is 0 Å². The molecular formula is C13H15FO2. The summed E-state index contributed by atoms with van der Waals surface area (Å²) < 4.78 is 18.8. The highest BCUT2D eigenvalue weighted by molar-refractivity contribution is 5.39. The van der Waals surface area contributed by atoms with Crippen molar-refractivity contribution < 1.29 is 14.2 Å². The van der Waals surface area contributed by atoms with Crippen molar-refractivity contribution in [1.29, 1.82) is 0 Å². The number of hydrogen-bond acceptors (Lipinski definition) is 2. The second-order valence-electron chi connectivity index (χ2n) is 3.30. The normalized spacial score (nSPS) is 9.44. The Hall–Kier alpha value is -1.53. The van der Waals surface area contributed by atoms with Crippen LogP contribution in [0.1, 0.15) is 25.3 Å². The molecule has 0 atom stereocenters. The zero-order valence-corrected chi connectivity index (χ0v) is 9.29. The van der Waals surface area contributed by atoms with E-state index in [9.17, 15) is 4.39 Å². The summed E-state index contributed by atoms with van der Waals surface area (Å²) in [7, 11) is 0. The van der Waals surface area contributed by atoms with Gasteiger partial charge in [0.15, 0.2) is 0 Å². The van der Waals surface area contributed by atoms with Gasteiger partial charge in [0.1, 0.15) is 18.2 Å². The van der Waals surface area contributed by atoms with Crippen LogP contribution in [0.5, 0.6) is 5.75 Å². The summed E-state index contributed by atoms with van der Waals surface area (Å²) in [6, 6.07) is 4.55. The third kappa shape index (κ3) is 3.92. The first kappa shape index (κ1) is 12.5. The average Bonchev–Trinajstić information content (AvgIpc) is 2.28. The van der Waals surface area contributed by atoms with Gasteiger partial charge in [-0.3, -0.25) is 0 Å². The smallest absolute Gasteiger partial charge is 0.142 e. The standard InChI is InChI=1S/C13H15FO2/c1-2-3-9-16-12-7-6-11(5-4-8-15)13(14)10-12/h6-7,10,15H,2-3,8-9H2,1H3. The van der Waals surface area contributed by atoms with Crippen LogP contribution in [0.4, 0.5) is 4.39 Å². The topological polar surface area (TPSA) is 29.5 Å². The van der Waals surface area contributed by atoms with E-state index in [1.807, 2.05) is 0 Å². The molecule has 86 valence electrons. The second kappa shape index (κ2) is 6.86. The van der Waals surface area contributed by atoms with Crippen LogP contribution in [-0.2, 0) is 0 Å². The summed E-state index contributed by atoms with van der Waals surface area (Å²) in [4.78, 5) is 0. The largest absolute Gasteiger partial charge is 0.493 e. The van der Waals surface area contributed by atoms with E-state index in [0.717, 1.165) is 12.8 Å². The minimum atomic E-state index is -0.421. The van der Waals surface area contributed by atoms with Crippen LogP contribution in [0.25, 0.3) is 0 Å². The Morgan fingerprint density at radius 2 is 2.25 bits per heavy atom. The Kier molecular flexibility index (Phi) is 5.38. The van der Waals surface area contributed by atoms with Crippen molar-refractivity contribution >= 4 is 0 Å². The van der Waals surface area contributed by atoms with E-state index in [0.29, 0.717) is 12.4 Å². The number of aliphatic hydroxyl groups excluding tert-OH is 1. The number of aliphatic hydroxyl groups is 1. The Morgan fingerprint density at radius 1 is 1.44 bits per heavy atom. The second-order valence-corrected chi connectivity index (χ2v) is 3.30. The fourth-order valence-corrected chi connectivity index (χ4v) is 1.16. The molecule has 3 heteroatoms. The quantitative estimate of drug-likeness (QED) is 0.626. The third-order valence-corrected chi connectivity index (χ3v) is 2.01. The monoisotopic (exact) mass is 222 g/mol. The average molecular weight is 222 g/mol. The zero-order valence-electron chi connectivity index (χ0n) is 9.29. The molecule has 16 heavy (non-hydrogen) atoms. The maximum Gasteiger partial charge on any atom is 0.142 e. The molecule has 0 saturated heterocycles. The Bertz CT molecular complexity index is 391. The lowest BCUT2D eigenvalue weighted by atomic mass is 10.2. The van der Waals surface area contributed by atoms with E-state index in [4.69, 9.17) is 9.84 Å². The number of unbranched alkanes of at least 4 members (excludes halogenated alkanes) is 1. The van der Waals surface area contributed by atoms with Gasteiger partial charge in [-0.25, -0.2) is 4.39 Å². The van der Waals surface area contributed by atoms with Gasteiger partial charge in [-0.05, 0) is 18.6 Å². The maximum absolute atomic E-state index is 13.4. The van der Waals surface area contributed by atoms with Crippen molar-refractivity contribution in [2.24, 2.45) is 0 Å². The highest BCUT2D eigenvalue weighted by Crippen LogP contribution is 2.16. The van der Waals surface area contributed by atoms with Crippen LogP contribution in [0, 0.1) is 17.7 Å². The summed E-state index contributed by atoms with van der Waals surface area (Å²) >= 11 is 0. The first-order chi connectivity index (χ1) is 7.77. The first-order valence-electron chi connectivity index (χ1n) is 5.30. The van der Waals surface area contributed by atoms with E-state index in [2.05, 4.69) is 18.8 Å². The summed E-state index contributed by atoms with van der Waals surface area (Å²) in [6.45, 7) is 2.39. The molecule has 0 spiro atoms.